The van der Waals surface area contributed by atoms with Gasteiger partial charge >= 0.3 is 0 Å². The Labute approximate surface area is 147 Å². The fraction of sp³-hybridized carbons (Fsp3) is 0.316. The lowest BCUT2D eigenvalue weighted by Gasteiger charge is -2.20. The zero-order chi connectivity index (χ0) is 16.8. The van der Waals surface area contributed by atoms with Crippen LogP contribution in [0.3, 0.4) is 0 Å². The van der Waals surface area contributed by atoms with E-state index in [1.54, 1.807) is 0 Å². The summed E-state index contributed by atoms with van der Waals surface area (Å²) >= 11 is 7.43. The first-order valence-electron chi connectivity index (χ1n) is 7.78. The summed E-state index contributed by atoms with van der Waals surface area (Å²) in [6, 6.07) is 15.9. The van der Waals surface area contributed by atoms with Crippen LogP contribution < -0.4 is 5.32 Å². The molecule has 1 amide bonds. The maximum atomic E-state index is 12.5. The van der Waals surface area contributed by atoms with Gasteiger partial charge in [-0.05, 0) is 50.1 Å². The third kappa shape index (κ3) is 5.29. The van der Waals surface area contributed by atoms with E-state index in [1.807, 2.05) is 31.2 Å². The number of nitrogens with one attached hydrogen (secondary N) is 1. The van der Waals surface area contributed by atoms with Crippen LogP contribution in [0.2, 0.25) is 5.02 Å². The smallest absolute Gasteiger partial charge is 0.233 e. The monoisotopic (exact) mass is 347 g/mol. The van der Waals surface area contributed by atoms with Crippen LogP contribution in [0.25, 0.3) is 0 Å². The van der Waals surface area contributed by atoms with Gasteiger partial charge in [0, 0.05) is 9.92 Å². The predicted octanol–water partition coefficient (Wildman–Crippen LogP) is 5.40. The molecule has 2 atom stereocenters. The molecule has 0 saturated carbocycles. The Kier molecular flexibility index (Phi) is 6.55. The average molecular weight is 348 g/mol. The van der Waals surface area contributed by atoms with Gasteiger partial charge in [-0.3, -0.25) is 4.79 Å². The van der Waals surface area contributed by atoms with Gasteiger partial charge in [-0.1, -0.05) is 48.4 Å². The lowest BCUT2D eigenvalue weighted by molar-refractivity contribution is -0.121. The second kappa shape index (κ2) is 8.42. The third-order valence-corrected chi connectivity index (χ3v) is 5.06. The molecule has 2 aromatic rings. The highest BCUT2D eigenvalue weighted by atomic mass is 35.5. The van der Waals surface area contributed by atoms with Crippen LogP contribution in [0.1, 0.15) is 37.4 Å². The minimum Gasteiger partial charge on any atom is -0.348 e. The van der Waals surface area contributed by atoms with Gasteiger partial charge in [0.05, 0.1) is 11.3 Å². The third-order valence-electron chi connectivity index (χ3n) is 3.70. The number of amides is 1. The summed E-state index contributed by atoms with van der Waals surface area (Å²) < 4.78 is 0. The fourth-order valence-electron chi connectivity index (χ4n) is 2.28. The molecule has 0 aliphatic heterocycles. The van der Waals surface area contributed by atoms with Gasteiger partial charge in [-0.25, -0.2) is 0 Å². The maximum Gasteiger partial charge on any atom is 0.233 e. The first-order chi connectivity index (χ1) is 11.0. The molecule has 23 heavy (non-hydrogen) atoms. The molecule has 0 aromatic heterocycles. The minimum atomic E-state index is -0.157. The molecule has 2 rings (SSSR count). The van der Waals surface area contributed by atoms with Gasteiger partial charge in [0.15, 0.2) is 0 Å². The number of aryl methyl sites for hydroxylation is 1. The van der Waals surface area contributed by atoms with Crippen molar-refractivity contribution in [3.63, 3.8) is 0 Å². The number of carbonyl (C=O) groups is 1. The Hall–Kier alpha value is -1.45. The highest BCUT2D eigenvalue weighted by Crippen LogP contribution is 2.26. The zero-order valence-corrected chi connectivity index (χ0v) is 15.2. The molecule has 0 bridgehead atoms. The largest absolute Gasteiger partial charge is 0.348 e. The predicted molar refractivity (Wildman–Crippen MR) is 99.1 cm³/mol. The summed E-state index contributed by atoms with van der Waals surface area (Å²) in [5, 5.41) is 3.70. The summed E-state index contributed by atoms with van der Waals surface area (Å²) in [5.74, 6) is 0.0531. The van der Waals surface area contributed by atoms with E-state index in [9.17, 15) is 4.79 Å². The van der Waals surface area contributed by atoms with Crippen molar-refractivity contribution in [3.05, 3.63) is 64.7 Å². The number of rotatable bonds is 6. The summed E-state index contributed by atoms with van der Waals surface area (Å²) in [6.45, 7) is 6.08. The van der Waals surface area contributed by atoms with Gasteiger partial charge in [0.2, 0.25) is 5.91 Å². The molecule has 4 heteroatoms. The second-order valence-corrected chi connectivity index (χ2v) is 7.44. The molecule has 2 unspecified atom stereocenters. The normalized spacial score (nSPS) is 13.4. The zero-order valence-electron chi connectivity index (χ0n) is 13.7. The molecule has 0 radical (unpaired) electrons. The molecule has 0 spiro atoms. The van der Waals surface area contributed by atoms with Crippen LogP contribution in [0.4, 0.5) is 0 Å². The SMILES string of the molecule is CCC(NC(=O)C(C)Sc1ccc(Cl)cc1)c1ccc(C)cc1. The molecule has 1 N–H and O–H groups in total. The molecule has 0 aliphatic rings. The Morgan fingerprint density at radius 3 is 2.30 bits per heavy atom. The van der Waals surface area contributed by atoms with E-state index in [2.05, 4.69) is 43.4 Å². The highest BCUT2D eigenvalue weighted by Gasteiger charge is 2.18. The topological polar surface area (TPSA) is 29.1 Å². The van der Waals surface area contributed by atoms with E-state index in [0.717, 1.165) is 16.9 Å². The second-order valence-electron chi connectivity index (χ2n) is 5.59. The Morgan fingerprint density at radius 2 is 1.74 bits per heavy atom. The van der Waals surface area contributed by atoms with Gasteiger partial charge in [0.1, 0.15) is 0 Å². The number of benzene rings is 2. The molecule has 2 nitrogen and oxygen atoms in total. The Balaban J connectivity index is 1.98. The molecule has 0 heterocycles. The molecular formula is C19H22ClNOS. The molecule has 0 aliphatic carbocycles. The Bertz CT molecular complexity index is 639. The van der Waals surface area contributed by atoms with Gasteiger partial charge in [0.25, 0.3) is 0 Å². The lowest BCUT2D eigenvalue weighted by Crippen LogP contribution is -2.34. The van der Waals surface area contributed by atoms with E-state index in [4.69, 9.17) is 11.6 Å². The van der Waals surface area contributed by atoms with Crippen molar-refractivity contribution in [3.8, 4) is 0 Å². The number of thioether (sulfide) groups is 1. The van der Waals surface area contributed by atoms with E-state index in [-0.39, 0.29) is 17.2 Å². The number of hydrogen-bond donors (Lipinski definition) is 1. The standard InChI is InChI=1S/C19H22ClNOS/c1-4-18(15-7-5-13(2)6-8-15)21-19(22)14(3)23-17-11-9-16(20)10-12-17/h5-12,14,18H,4H2,1-3H3,(H,21,22). The summed E-state index contributed by atoms with van der Waals surface area (Å²) in [5.41, 5.74) is 2.37. The first kappa shape index (κ1) is 17.9. The molecular weight excluding hydrogens is 326 g/mol. The molecule has 0 fully saturated rings. The minimum absolute atomic E-state index is 0.0522. The fourth-order valence-corrected chi connectivity index (χ4v) is 3.28. The highest BCUT2D eigenvalue weighted by molar-refractivity contribution is 8.00. The van der Waals surface area contributed by atoms with Gasteiger partial charge < -0.3 is 5.32 Å². The first-order valence-corrected chi connectivity index (χ1v) is 9.04. The van der Waals surface area contributed by atoms with E-state index in [0.29, 0.717) is 5.02 Å². The van der Waals surface area contributed by atoms with Crippen molar-refractivity contribution in [2.45, 2.75) is 43.4 Å². The quantitative estimate of drug-likeness (QED) is 0.709. The van der Waals surface area contributed by atoms with Crippen molar-refractivity contribution < 1.29 is 4.79 Å². The maximum absolute atomic E-state index is 12.5. The van der Waals surface area contributed by atoms with Crippen LogP contribution in [0, 0.1) is 6.92 Å². The number of hydrogen-bond acceptors (Lipinski definition) is 2. The number of halogens is 1. The molecule has 0 saturated heterocycles. The van der Waals surface area contributed by atoms with Crippen molar-refractivity contribution in [2.24, 2.45) is 0 Å². The number of carbonyl (C=O) groups excluding carboxylic acids is 1. The van der Waals surface area contributed by atoms with Crippen LogP contribution >= 0.6 is 23.4 Å². The molecule has 122 valence electrons. The summed E-state index contributed by atoms with van der Waals surface area (Å²) in [7, 11) is 0. The van der Waals surface area contributed by atoms with Gasteiger partial charge in [-0.2, -0.15) is 0 Å². The molecule has 2 aromatic carbocycles. The van der Waals surface area contributed by atoms with Crippen molar-refractivity contribution in [2.75, 3.05) is 0 Å². The van der Waals surface area contributed by atoms with Crippen LogP contribution in [0.5, 0.6) is 0 Å². The Morgan fingerprint density at radius 1 is 1.13 bits per heavy atom. The summed E-state index contributed by atoms with van der Waals surface area (Å²) in [4.78, 5) is 13.5. The van der Waals surface area contributed by atoms with E-state index >= 15 is 0 Å². The van der Waals surface area contributed by atoms with Crippen LogP contribution in [-0.4, -0.2) is 11.2 Å². The summed E-state index contributed by atoms with van der Waals surface area (Å²) in [6.07, 6.45) is 0.868. The van der Waals surface area contributed by atoms with Crippen molar-refractivity contribution in [1.29, 1.82) is 0 Å². The van der Waals surface area contributed by atoms with Gasteiger partial charge in [-0.15, -0.1) is 11.8 Å². The van der Waals surface area contributed by atoms with Crippen molar-refractivity contribution in [1.82, 2.24) is 5.32 Å². The lowest BCUT2D eigenvalue weighted by atomic mass is 10.0. The van der Waals surface area contributed by atoms with Crippen LogP contribution in [-0.2, 0) is 4.79 Å². The van der Waals surface area contributed by atoms with Crippen LogP contribution in [0.15, 0.2) is 53.4 Å². The van der Waals surface area contributed by atoms with Crippen molar-refractivity contribution >= 4 is 29.3 Å². The average Bonchev–Trinajstić information content (AvgIpc) is 2.55. The van der Waals surface area contributed by atoms with E-state index in [1.165, 1.54) is 17.3 Å². The van der Waals surface area contributed by atoms with E-state index < -0.39 is 0 Å².